The van der Waals surface area contributed by atoms with Crippen molar-refractivity contribution in [3.05, 3.63) is 42.6 Å². The first kappa shape index (κ1) is 14.8. The Morgan fingerprint density at radius 1 is 1.43 bits per heavy atom. The Kier molecular flexibility index (Phi) is 4.42. The van der Waals surface area contributed by atoms with E-state index in [0.717, 1.165) is 17.2 Å². The highest BCUT2D eigenvalue weighted by atomic mass is 16.5. The van der Waals surface area contributed by atoms with Crippen molar-refractivity contribution < 1.29 is 14.3 Å². The molecule has 0 bridgehead atoms. The largest absolute Gasteiger partial charge is 0.452 e. The van der Waals surface area contributed by atoms with Gasteiger partial charge in [-0.3, -0.25) is 9.69 Å². The first-order valence-electron chi connectivity index (χ1n) is 6.64. The fourth-order valence-corrected chi connectivity index (χ4v) is 2.44. The molecule has 0 aliphatic heterocycles. The van der Waals surface area contributed by atoms with Crippen LogP contribution in [0.1, 0.15) is 16.9 Å². The molecular formula is C16H18N2O3. The minimum atomic E-state index is -0.490. The van der Waals surface area contributed by atoms with Gasteiger partial charge in [0, 0.05) is 19.0 Å². The highest BCUT2D eigenvalue weighted by molar-refractivity contribution is 6.08. The van der Waals surface area contributed by atoms with E-state index in [1.807, 2.05) is 24.3 Å². The topological polar surface area (TPSA) is 51.5 Å². The van der Waals surface area contributed by atoms with Crippen molar-refractivity contribution in [1.82, 2.24) is 4.57 Å². The number of benzene rings is 1. The molecule has 0 saturated heterocycles. The van der Waals surface area contributed by atoms with Gasteiger partial charge in [0.2, 0.25) is 0 Å². The minimum absolute atomic E-state index is 0.408. The number of hydrogen-bond donors (Lipinski definition) is 0. The number of aryl methyl sites for hydroxylation is 1. The van der Waals surface area contributed by atoms with Gasteiger partial charge in [-0.25, -0.2) is 4.79 Å². The molecule has 21 heavy (non-hydrogen) atoms. The molecule has 0 aliphatic rings. The van der Waals surface area contributed by atoms with Gasteiger partial charge in [-0.15, -0.1) is 6.58 Å². The van der Waals surface area contributed by atoms with E-state index >= 15 is 0 Å². The van der Waals surface area contributed by atoms with Crippen molar-refractivity contribution in [2.24, 2.45) is 7.05 Å². The summed E-state index contributed by atoms with van der Waals surface area (Å²) in [6.07, 6.45) is 2.61. The van der Waals surface area contributed by atoms with E-state index in [1.54, 1.807) is 17.7 Å². The zero-order valence-corrected chi connectivity index (χ0v) is 12.2. The van der Waals surface area contributed by atoms with Crippen molar-refractivity contribution in [1.29, 1.82) is 0 Å². The SMILES string of the molecule is C=CCCN(C(=O)OC)c1c(C=O)n(C)c2ccccc12. The third kappa shape index (κ3) is 2.54. The number of amides is 1. The molecule has 5 heteroatoms. The molecule has 0 fully saturated rings. The molecule has 1 heterocycles. The Hall–Kier alpha value is -2.56. The zero-order chi connectivity index (χ0) is 15.4. The number of para-hydroxylation sites is 1. The standard InChI is InChI=1S/C16H18N2O3/c1-4-5-10-18(16(20)21-3)15-12-8-6-7-9-13(12)17(2)14(15)11-19/h4,6-9,11H,1,5,10H2,2-3H3. The number of methoxy groups -OCH3 is 1. The maximum absolute atomic E-state index is 12.1. The molecule has 0 saturated carbocycles. The molecule has 2 rings (SSSR count). The van der Waals surface area contributed by atoms with E-state index < -0.39 is 6.09 Å². The number of fused-ring (bicyclic) bond motifs is 1. The normalized spacial score (nSPS) is 10.4. The van der Waals surface area contributed by atoms with E-state index in [-0.39, 0.29) is 0 Å². The number of aldehydes is 1. The summed E-state index contributed by atoms with van der Waals surface area (Å²) in [4.78, 5) is 25.1. The predicted octanol–water partition coefficient (Wildman–Crippen LogP) is 3.14. The van der Waals surface area contributed by atoms with Crippen LogP contribution < -0.4 is 4.90 Å². The molecule has 110 valence electrons. The molecule has 1 amide bonds. The fourth-order valence-electron chi connectivity index (χ4n) is 2.44. The van der Waals surface area contributed by atoms with Crippen LogP contribution in [0.5, 0.6) is 0 Å². The van der Waals surface area contributed by atoms with Crippen LogP contribution in [0.2, 0.25) is 0 Å². The van der Waals surface area contributed by atoms with E-state index in [0.29, 0.717) is 24.3 Å². The second kappa shape index (κ2) is 6.26. The lowest BCUT2D eigenvalue weighted by Gasteiger charge is -2.20. The molecule has 0 atom stereocenters. The number of ether oxygens (including phenoxy) is 1. The number of rotatable bonds is 5. The van der Waals surface area contributed by atoms with Crippen LogP contribution in [0.4, 0.5) is 10.5 Å². The van der Waals surface area contributed by atoms with Crippen molar-refractivity contribution in [2.75, 3.05) is 18.6 Å². The summed E-state index contributed by atoms with van der Waals surface area (Å²) in [6, 6.07) is 7.58. The van der Waals surface area contributed by atoms with E-state index in [1.165, 1.54) is 12.0 Å². The monoisotopic (exact) mass is 286 g/mol. The maximum atomic E-state index is 12.1. The molecule has 0 radical (unpaired) electrons. The summed E-state index contributed by atoms with van der Waals surface area (Å²) in [5.74, 6) is 0. The summed E-state index contributed by atoms with van der Waals surface area (Å²) >= 11 is 0. The summed E-state index contributed by atoms with van der Waals surface area (Å²) in [6.45, 7) is 4.08. The van der Waals surface area contributed by atoms with Gasteiger partial charge in [0.1, 0.15) is 5.69 Å². The van der Waals surface area contributed by atoms with Gasteiger partial charge in [0.05, 0.1) is 18.3 Å². The third-order valence-corrected chi connectivity index (χ3v) is 3.46. The second-order valence-corrected chi connectivity index (χ2v) is 4.63. The summed E-state index contributed by atoms with van der Waals surface area (Å²) < 4.78 is 6.63. The van der Waals surface area contributed by atoms with E-state index in [4.69, 9.17) is 4.74 Å². The van der Waals surface area contributed by atoms with Crippen LogP contribution >= 0.6 is 0 Å². The highest BCUT2D eigenvalue weighted by Crippen LogP contribution is 2.33. The average molecular weight is 286 g/mol. The molecule has 0 aliphatic carbocycles. The lowest BCUT2D eigenvalue weighted by Crippen LogP contribution is -2.32. The molecule has 5 nitrogen and oxygen atoms in total. The Labute approximate surface area is 123 Å². The molecule has 2 aromatic rings. The quantitative estimate of drug-likeness (QED) is 0.626. The van der Waals surface area contributed by atoms with Gasteiger partial charge in [0.25, 0.3) is 0 Å². The van der Waals surface area contributed by atoms with Crippen LogP contribution in [0.3, 0.4) is 0 Å². The van der Waals surface area contributed by atoms with Crippen LogP contribution in [0.15, 0.2) is 36.9 Å². The van der Waals surface area contributed by atoms with Gasteiger partial charge >= 0.3 is 6.09 Å². The number of hydrogen-bond acceptors (Lipinski definition) is 3. The number of nitrogens with zero attached hydrogens (tertiary/aromatic N) is 2. The van der Waals surface area contributed by atoms with E-state index in [9.17, 15) is 9.59 Å². The van der Waals surface area contributed by atoms with Crippen molar-refractivity contribution in [3.8, 4) is 0 Å². The highest BCUT2D eigenvalue weighted by Gasteiger charge is 2.24. The lowest BCUT2D eigenvalue weighted by atomic mass is 10.2. The Morgan fingerprint density at radius 3 is 2.76 bits per heavy atom. The average Bonchev–Trinajstić information content (AvgIpc) is 2.80. The van der Waals surface area contributed by atoms with Crippen molar-refractivity contribution in [2.45, 2.75) is 6.42 Å². The predicted molar refractivity (Wildman–Crippen MR) is 82.9 cm³/mol. The van der Waals surface area contributed by atoms with Crippen LogP contribution in [0.25, 0.3) is 10.9 Å². The zero-order valence-electron chi connectivity index (χ0n) is 12.2. The van der Waals surface area contributed by atoms with Gasteiger partial charge in [0.15, 0.2) is 6.29 Å². The molecule has 0 N–H and O–H groups in total. The molecule has 1 aromatic heterocycles. The number of anilines is 1. The maximum Gasteiger partial charge on any atom is 0.414 e. The van der Waals surface area contributed by atoms with Gasteiger partial charge in [-0.2, -0.15) is 0 Å². The number of aromatic nitrogens is 1. The minimum Gasteiger partial charge on any atom is -0.452 e. The smallest absolute Gasteiger partial charge is 0.414 e. The van der Waals surface area contributed by atoms with E-state index in [2.05, 4.69) is 6.58 Å². The summed E-state index contributed by atoms with van der Waals surface area (Å²) in [5, 5.41) is 0.844. The fraction of sp³-hybridized carbons (Fsp3) is 0.250. The number of carbonyl (C=O) groups is 2. The molecule has 1 aromatic carbocycles. The summed E-state index contributed by atoms with van der Waals surface area (Å²) in [7, 11) is 3.13. The van der Waals surface area contributed by atoms with Crippen LogP contribution in [-0.4, -0.2) is 30.6 Å². The Morgan fingerprint density at radius 2 is 2.14 bits per heavy atom. The first-order valence-corrected chi connectivity index (χ1v) is 6.64. The summed E-state index contributed by atoms with van der Waals surface area (Å²) in [5.41, 5.74) is 1.92. The first-order chi connectivity index (χ1) is 10.2. The Balaban J connectivity index is 2.68. The molecular weight excluding hydrogens is 268 g/mol. The second-order valence-electron chi connectivity index (χ2n) is 4.63. The van der Waals surface area contributed by atoms with Crippen LogP contribution in [-0.2, 0) is 11.8 Å². The van der Waals surface area contributed by atoms with Crippen molar-refractivity contribution in [3.63, 3.8) is 0 Å². The van der Waals surface area contributed by atoms with Crippen LogP contribution in [0, 0.1) is 0 Å². The third-order valence-electron chi connectivity index (χ3n) is 3.46. The molecule has 0 spiro atoms. The van der Waals surface area contributed by atoms with Gasteiger partial charge in [-0.1, -0.05) is 24.3 Å². The number of carbonyl (C=O) groups excluding carboxylic acids is 2. The molecule has 0 unspecified atom stereocenters. The van der Waals surface area contributed by atoms with Gasteiger partial charge < -0.3 is 9.30 Å². The Bertz CT molecular complexity index is 688. The van der Waals surface area contributed by atoms with Crippen molar-refractivity contribution >= 4 is 29.0 Å². The lowest BCUT2D eigenvalue weighted by molar-refractivity contribution is 0.111. The van der Waals surface area contributed by atoms with Gasteiger partial charge in [-0.05, 0) is 12.5 Å².